The van der Waals surface area contributed by atoms with E-state index in [4.69, 9.17) is 18.9 Å². The molecule has 204 valence electrons. The molecule has 7 nitrogen and oxygen atoms in total. The van der Waals surface area contributed by atoms with Gasteiger partial charge < -0.3 is 18.9 Å². The van der Waals surface area contributed by atoms with E-state index in [2.05, 4.69) is 26.3 Å². The molecule has 0 spiro atoms. The number of carbonyl (C=O) groups is 3. The Labute approximate surface area is 231 Å². The summed E-state index contributed by atoms with van der Waals surface area (Å²) in [6.45, 7) is 15.7. The third kappa shape index (κ3) is 8.13. The minimum atomic E-state index is -0.712. The van der Waals surface area contributed by atoms with E-state index in [1.165, 1.54) is 24.3 Å². The molecule has 0 unspecified atom stereocenters. The number of hydrogen-bond donors (Lipinski definition) is 0. The van der Waals surface area contributed by atoms with Crippen molar-refractivity contribution < 1.29 is 37.7 Å². The van der Waals surface area contributed by atoms with Crippen LogP contribution in [0.1, 0.15) is 18.9 Å². The van der Waals surface area contributed by atoms with Gasteiger partial charge in [0.25, 0.3) is 0 Å². The van der Waals surface area contributed by atoms with Crippen LogP contribution >= 0.6 is 0 Å². The lowest BCUT2D eigenvalue weighted by Crippen LogP contribution is -2.10. The molecule has 0 atom stereocenters. The maximum absolute atomic E-state index is 14.7. The molecule has 0 radical (unpaired) electrons. The fourth-order valence-corrected chi connectivity index (χ4v) is 3.30. The molecule has 40 heavy (non-hydrogen) atoms. The summed E-state index contributed by atoms with van der Waals surface area (Å²) < 4.78 is 35.9. The predicted molar refractivity (Wildman–Crippen MR) is 148 cm³/mol. The Morgan fingerprint density at radius 3 is 2.08 bits per heavy atom. The number of esters is 3. The smallest absolute Gasteiger partial charge is 0.338 e. The number of aryl methyl sites for hydroxylation is 1. The molecule has 0 heterocycles. The molecule has 0 aromatic heterocycles. The molecule has 0 aliphatic rings. The van der Waals surface area contributed by atoms with E-state index in [-0.39, 0.29) is 41.4 Å². The van der Waals surface area contributed by atoms with E-state index < -0.39 is 23.7 Å². The lowest BCUT2D eigenvalue weighted by Gasteiger charge is -2.12. The molecule has 0 saturated heterocycles. The third-order valence-electron chi connectivity index (χ3n) is 5.37. The Morgan fingerprint density at radius 2 is 1.45 bits per heavy atom. The molecule has 0 amide bonds. The molecule has 0 fully saturated rings. The second-order valence-electron chi connectivity index (χ2n) is 8.49. The van der Waals surface area contributed by atoms with Crippen LogP contribution in [0.3, 0.4) is 0 Å². The Hall–Kier alpha value is -5.24. The van der Waals surface area contributed by atoms with E-state index in [9.17, 15) is 18.8 Å². The van der Waals surface area contributed by atoms with Crippen molar-refractivity contribution >= 4 is 17.9 Å². The van der Waals surface area contributed by atoms with Crippen molar-refractivity contribution in [2.75, 3.05) is 0 Å². The number of benzene rings is 3. The molecule has 3 rings (SSSR count). The third-order valence-corrected chi connectivity index (χ3v) is 5.37. The zero-order valence-corrected chi connectivity index (χ0v) is 21.9. The van der Waals surface area contributed by atoms with Crippen molar-refractivity contribution in [2.24, 2.45) is 0 Å². The Balaban J connectivity index is 1.64. The lowest BCUT2D eigenvalue weighted by molar-refractivity contribution is -0.134. The number of allylic oxidation sites excluding steroid dienone is 1. The molecule has 8 heteroatoms. The maximum atomic E-state index is 14.7. The van der Waals surface area contributed by atoms with Gasteiger partial charge in [0.2, 0.25) is 0 Å². The largest absolute Gasteiger partial charge is 0.454 e. The topological polar surface area (TPSA) is 88.1 Å². The monoisotopic (exact) mass is 542 g/mol. The Morgan fingerprint density at radius 1 is 0.775 bits per heavy atom. The highest BCUT2D eigenvalue weighted by Gasteiger charge is 2.15. The molecule has 0 N–H and O–H groups in total. The first-order valence-electron chi connectivity index (χ1n) is 12.0. The number of hydrogen-bond acceptors (Lipinski definition) is 7. The van der Waals surface area contributed by atoms with Gasteiger partial charge in [-0.3, -0.25) is 4.79 Å². The van der Waals surface area contributed by atoms with Crippen LogP contribution in [0, 0.1) is 5.82 Å². The van der Waals surface area contributed by atoms with E-state index in [0.29, 0.717) is 22.4 Å². The van der Waals surface area contributed by atoms with Crippen molar-refractivity contribution in [1.29, 1.82) is 0 Å². The molecule has 0 aliphatic carbocycles. The average Bonchev–Trinajstić information content (AvgIpc) is 2.94. The molecular formula is C32H27FO7. The van der Waals surface area contributed by atoms with Gasteiger partial charge in [-0.25, -0.2) is 14.0 Å². The molecule has 3 aromatic rings. The second kappa shape index (κ2) is 13.5. The Bertz CT molecular complexity index is 1490. The fourth-order valence-electron chi connectivity index (χ4n) is 3.30. The first kappa shape index (κ1) is 29.3. The zero-order chi connectivity index (χ0) is 29.2. The lowest BCUT2D eigenvalue weighted by atomic mass is 10.1. The quantitative estimate of drug-likeness (QED) is 0.0829. The van der Waals surface area contributed by atoms with Crippen LogP contribution in [-0.4, -0.2) is 17.9 Å². The van der Waals surface area contributed by atoms with Crippen molar-refractivity contribution in [3.63, 3.8) is 0 Å². The molecule has 0 saturated carbocycles. The summed E-state index contributed by atoms with van der Waals surface area (Å²) in [5.41, 5.74) is 2.16. The van der Waals surface area contributed by atoms with Crippen LogP contribution in [0.4, 0.5) is 4.39 Å². The van der Waals surface area contributed by atoms with Gasteiger partial charge in [0.15, 0.2) is 23.1 Å². The normalized spacial score (nSPS) is 10.2. The van der Waals surface area contributed by atoms with Gasteiger partial charge in [-0.05, 0) is 72.5 Å². The van der Waals surface area contributed by atoms with E-state index in [1.807, 2.05) is 0 Å². The fraction of sp³-hybridized carbons (Fsp3) is 0.0938. The molecule has 0 bridgehead atoms. The maximum Gasteiger partial charge on any atom is 0.338 e. The molecule has 3 aromatic carbocycles. The summed E-state index contributed by atoms with van der Waals surface area (Å²) in [7, 11) is 0. The summed E-state index contributed by atoms with van der Waals surface area (Å²) in [6, 6.07) is 15.5. The number of carbonyl (C=O) groups excluding carboxylic acids is 3. The summed E-state index contributed by atoms with van der Waals surface area (Å²) >= 11 is 0. The number of ether oxygens (including phenoxy) is 4. The van der Waals surface area contributed by atoms with Gasteiger partial charge in [-0.1, -0.05) is 50.6 Å². The molecular weight excluding hydrogens is 515 g/mol. The summed E-state index contributed by atoms with van der Waals surface area (Å²) in [5, 5.41) is 0. The van der Waals surface area contributed by atoms with Gasteiger partial charge >= 0.3 is 17.9 Å². The van der Waals surface area contributed by atoms with E-state index in [0.717, 1.165) is 6.08 Å². The van der Waals surface area contributed by atoms with E-state index >= 15 is 0 Å². The van der Waals surface area contributed by atoms with Crippen molar-refractivity contribution in [3.05, 3.63) is 122 Å². The highest BCUT2D eigenvalue weighted by atomic mass is 19.1. The van der Waals surface area contributed by atoms with Crippen molar-refractivity contribution in [2.45, 2.75) is 19.8 Å². The highest BCUT2D eigenvalue weighted by molar-refractivity contribution is 5.88. The standard InChI is InChI=1S/C32H27FO7/c1-6-21(5)37-29-18-22(8-15-28(29)40-30(34)7-2)9-17-31(35)39-27-16-12-24(19-26(27)33)23-10-13-25(14-11-23)38-32(36)20(3)4/h6-8,10-16,18-19H,1-3,5,9,17H2,4H3. The highest BCUT2D eigenvalue weighted by Crippen LogP contribution is 2.31. The first-order chi connectivity index (χ1) is 19.1. The van der Waals surface area contributed by atoms with Crippen LogP contribution in [0.5, 0.6) is 23.0 Å². The van der Waals surface area contributed by atoms with Crippen molar-refractivity contribution in [3.8, 4) is 34.1 Å². The summed E-state index contributed by atoms with van der Waals surface area (Å²) in [6.07, 6.45) is 2.59. The van der Waals surface area contributed by atoms with E-state index in [1.54, 1.807) is 49.4 Å². The minimum absolute atomic E-state index is 0.0564. The zero-order valence-electron chi connectivity index (χ0n) is 21.9. The van der Waals surface area contributed by atoms with Crippen LogP contribution in [-0.2, 0) is 20.8 Å². The number of halogens is 1. The van der Waals surface area contributed by atoms with Gasteiger partial charge in [0.1, 0.15) is 11.5 Å². The molecule has 0 aliphatic heterocycles. The van der Waals surface area contributed by atoms with Crippen LogP contribution in [0.15, 0.2) is 110 Å². The average molecular weight is 543 g/mol. The van der Waals surface area contributed by atoms with Gasteiger partial charge in [-0.2, -0.15) is 0 Å². The second-order valence-corrected chi connectivity index (χ2v) is 8.49. The minimum Gasteiger partial charge on any atom is -0.454 e. The van der Waals surface area contributed by atoms with Crippen molar-refractivity contribution in [1.82, 2.24) is 0 Å². The summed E-state index contributed by atoms with van der Waals surface area (Å²) in [4.78, 5) is 35.7. The van der Waals surface area contributed by atoms with Gasteiger partial charge in [0.05, 0.1) is 0 Å². The van der Waals surface area contributed by atoms with Gasteiger partial charge in [-0.15, -0.1) is 0 Å². The van der Waals surface area contributed by atoms with Crippen LogP contribution < -0.4 is 18.9 Å². The van der Waals surface area contributed by atoms with Crippen LogP contribution in [0.2, 0.25) is 0 Å². The van der Waals surface area contributed by atoms with Gasteiger partial charge in [0, 0.05) is 18.1 Å². The summed E-state index contributed by atoms with van der Waals surface area (Å²) in [5.74, 6) is -1.86. The first-order valence-corrected chi connectivity index (χ1v) is 12.0. The number of rotatable bonds is 12. The Kier molecular flexibility index (Phi) is 9.91. The van der Waals surface area contributed by atoms with Crippen LogP contribution in [0.25, 0.3) is 11.1 Å². The SMILES string of the molecule is C=CC(=C)Oc1cc(CCC(=O)Oc2ccc(-c3ccc(OC(=O)C(=C)C)cc3)cc2F)ccc1OC(=O)C=C. The predicted octanol–water partition coefficient (Wildman–Crippen LogP) is 6.68.